The van der Waals surface area contributed by atoms with Gasteiger partial charge in [0.15, 0.2) is 0 Å². The van der Waals surface area contributed by atoms with E-state index in [4.69, 9.17) is 17.3 Å². The Bertz CT molecular complexity index is 574. The normalized spacial score (nSPS) is 14.1. The molecule has 2 N–H and O–H groups in total. The predicted molar refractivity (Wildman–Crippen MR) is 87.4 cm³/mol. The van der Waals surface area contributed by atoms with Gasteiger partial charge in [-0.1, -0.05) is 61.8 Å². The van der Waals surface area contributed by atoms with Crippen LogP contribution in [0, 0.1) is 6.92 Å². The van der Waals surface area contributed by atoms with Gasteiger partial charge in [-0.25, -0.2) is 0 Å². The molecule has 2 heteroatoms. The molecular formula is C18H22ClN. The van der Waals surface area contributed by atoms with Gasteiger partial charge in [0, 0.05) is 5.02 Å². The summed E-state index contributed by atoms with van der Waals surface area (Å²) in [5.74, 6) is 0.595. The lowest BCUT2D eigenvalue weighted by atomic mass is 9.93. The van der Waals surface area contributed by atoms with E-state index >= 15 is 0 Å². The van der Waals surface area contributed by atoms with Crippen molar-refractivity contribution in [1.29, 1.82) is 0 Å². The molecule has 0 radical (unpaired) electrons. The van der Waals surface area contributed by atoms with Gasteiger partial charge in [-0.05, 0) is 47.6 Å². The SMILES string of the molecule is CCC(C)c1ccc(C(N)c2ccc(Cl)c(C)c2)cc1. The van der Waals surface area contributed by atoms with Crippen LogP contribution in [0.2, 0.25) is 5.02 Å². The number of hydrogen-bond acceptors (Lipinski definition) is 1. The third-order valence-electron chi connectivity index (χ3n) is 4.02. The van der Waals surface area contributed by atoms with Gasteiger partial charge in [-0.2, -0.15) is 0 Å². The monoisotopic (exact) mass is 287 g/mol. The Morgan fingerprint density at radius 3 is 2.10 bits per heavy atom. The zero-order valence-electron chi connectivity index (χ0n) is 12.4. The van der Waals surface area contributed by atoms with Crippen molar-refractivity contribution in [2.75, 3.05) is 0 Å². The summed E-state index contributed by atoms with van der Waals surface area (Å²) >= 11 is 6.06. The maximum atomic E-state index is 6.35. The van der Waals surface area contributed by atoms with Crippen LogP contribution in [-0.2, 0) is 0 Å². The molecule has 2 unspecified atom stereocenters. The van der Waals surface area contributed by atoms with Crippen LogP contribution in [0.5, 0.6) is 0 Å². The van der Waals surface area contributed by atoms with E-state index in [0.717, 1.165) is 28.1 Å². The number of halogens is 1. The van der Waals surface area contributed by atoms with Gasteiger partial charge in [0.05, 0.1) is 6.04 Å². The molecule has 0 aliphatic heterocycles. The first-order valence-corrected chi connectivity index (χ1v) is 7.52. The summed E-state index contributed by atoms with van der Waals surface area (Å²) in [6.07, 6.45) is 1.15. The van der Waals surface area contributed by atoms with E-state index in [1.54, 1.807) is 0 Å². The molecule has 1 nitrogen and oxygen atoms in total. The van der Waals surface area contributed by atoms with Crippen LogP contribution in [0.1, 0.15) is 54.5 Å². The molecular weight excluding hydrogens is 266 g/mol. The van der Waals surface area contributed by atoms with E-state index in [0.29, 0.717) is 5.92 Å². The molecule has 2 rings (SSSR count). The fourth-order valence-corrected chi connectivity index (χ4v) is 2.44. The van der Waals surface area contributed by atoms with Crippen molar-refractivity contribution in [3.05, 3.63) is 69.7 Å². The van der Waals surface area contributed by atoms with E-state index in [2.05, 4.69) is 44.2 Å². The Morgan fingerprint density at radius 2 is 1.55 bits per heavy atom. The standard InChI is InChI=1S/C18H22ClN/c1-4-12(2)14-5-7-15(8-6-14)18(20)16-9-10-17(19)13(3)11-16/h5-12,18H,4,20H2,1-3H3. The smallest absolute Gasteiger partial charge is 0.0551 e. The fraction of sp³-hybridized carbons (Fsp3) is 0.333. The second-order valence-electron chi connectivity index (χ2n) is 5.46. The van der Waals surface area contributed by atoms with Crippen molar-refractivity contribution in [2.45, 2.75) is 39.2 Å². The van der Waals surface area contributed by atoms with Crippen molar-refractivity contribution in [3.8, 4) is 0 Å². The molecule has 0 saturated heterocycles. The van der Waals surface area contributed by atoms with Crippen LogP contribution in [0.4, 0.5) is 0 Å². The van der Waals surface area contributed by atoms with Crippen molar-refractivity contribution in [2.24, 2.45) is 5.73 Å². The minimum atomic E-state index is -0.100. The largest absolute Gasteiger partial charge is 0.320 e. The highest BCUT2D eigenvalue weighted by Gasteiger charge is 2.11. The van der Waals surface area contributed by atoms with Gasteiger partial charge in [-0.3, -0.25) is 0 Å². The van der Waals surface area contributed by atoms with Crippen molar-refractivity contribution < 1.29 is 0 Å². The summed E-state index contributed by atoms with van der Waals surface area (Å²) in [7, 11) is 0. The fourth-order valence-electron chi connectivity index (χ4n) is 2.32. The number of hydrogen-bond donors (Lipinski definition) is 1. The van der Waals surface area contributed by atoms with Crippen molar-refractivity contribution in [3.63, 3.8) is 0 Å². The Labute approximate surface area is 126 Å². The number of rotatable bonds is 4. The van der Waals surface area contributed by atoms with Gasteiger partial charge >= 0.3 is 0 Å². The summed E-state index contributed by atoms with van der Waals surface area (Å²) in [5, 5.41) is 0.785. The zero-order chi connectivity index (χ0) is 14.7. The quantitative estimate of drug-likeness (QED) is 0.821. The first-order chi connectivity index (χ1) is 9.52. The lowest BCUT2D eigenvalue weighted by molar-refractivity contribution is 0.732. The van der Waals surface area contributed by atoms with Crippen LogP contribution < -0.4 is 5.73 Å². The highest BCUT2D eigenvalue weighted by molar-refractivity contribution is 6.31. The second-order valence-corrected chi connectivity index (χ2v) is 5.87. The molecule has 0 spiro atoms. The highest BCUT2D eigenvalue weighted by Crippen LogP contribution is 2.26. The Kier molecular flexibility index (Phi) is 4.85. The molecule has 0 aliphatic rings. The van der Waals surface area contributed by atoms with E-state index < -0.39 is 0 Å². The summed E-state index contributed by atoms with van der Waals surface area (Å²) in [6, 6.07) is 14.5. The summed E-state index contributed by atoms with van der Waals surface area (Å²) in [4.78, 5) is 0. The molecule has 0 bridgehead atoms. The lowest BCUT2D eigenvalue weighted by Crippen LogP contribution is -2.12. The predicted octanol–water partition coefficient (Wildman–Crippen LogP) is 5.21. The zero-order valence-corrected chi connectivity index (χ0v) is 13.1. The van der Waals surface area contributed by atoms with E-state index in [-0.39, 0.29) is 6.04 Å². The number of benzene rings is 2. The third kappa shape index (κ3) is 3.23. The molecule has 0 aliphatic carbocycles. The van der Waals surface area contributed by atoms with Crippen LogP contribution in [0.15, 0.2) is 42.5 Å². The minimum absolute atomic E-state index is 0.100. The minimum Gasteiger partial charge on any atom is -0.320 e. The van der Waals surface area contributed by atoms with Gasteiger partial charge < -0.3 is 5.73 Å². The number of aryl methyl sites for hydroxylation is 1. The average Bonchev–Trinajstić information content (AvgIpc) is 2.48. The molecule has 0 fully saturated rings. The molecule has 2 aromatic rings. The molecule has 0 amide bonds. The van der Waals surface area contributed by atoms with E-state index in [9.17, 15) is 0 Å². The number of nitrogens with two attached hydrogens (primary N) is 1. The summed E-state index contributed by atoms with van der Waals surface area (Å²) in [6.45, 7) is 6.46. The molecule has 2 aromatic carbocycles. The maximum absolute atomic E-state index is 6.35. The molecule has 0 saturated carbocycles. The highest BCUT2D eigenvalue weighted by atomic mass is 35.5. The lowest BCUT2D eigenvalue weighted by Gasteiger charge is -2.15. The average molecular weight is 288 g/mol. The first-order valence-electron chi connectivity index (χ1n) is 7.14. The van der Waals surface area contributed by atoms with E-state index in [1.807, 2.05) is 19.1 Å². The van der Waals surface area contributed by atoms with Gasteiger partial charge in [-0.15, -0.1) is 0 Å². The Morgan fingerprint density at radius 1 is 1.00 bits per heavy atom. The van der Waals surface area contributed by atoms with Gasteiger partial charge in [0.2, 0.25) is 0 Å². The molecule has 106 valence electrons. The Balaban J connectivity index is 2.24. The second kappa shape index (κ2) is 6.43. The van der Waals surface area contributed by atoms with Crippen LogP contribution >= 0.6 is 11.6 Å². The van der Waals surface area contributed by atoms with Crippen LogP contribution in [0.25, 0.3) is 0 Å². The van der Waals surface area contributed by atoms with Crippen LogP contribution in [-0.4, -0.2) is 0 Å². The van der Waals surface area contributed by atoms with Crippen molar-refractivity contribution >= 4 is 11.6 Å². The topological polar surface area (TPSA) is 26.0 Å². The van der Waals surface area contributed by atoms with E-state index in [1.165, 1.54) is 5.56 Å². The summed E-state index contributed by atoms with van der Waals surface area (Å²) < 4.78 is 0. The van der Waals surface area contributed by atoms with Crippen LogP contribution in [0.3, 0.4) is 0 Å². The Hall–Kier alpha value is -1.31. The van der Waals surface area contributed by atoms with Crippen molar-refractivity contribution in [1.82, 2.24) is 0 Å². The van der Waals surface area contributed by atoms with Gasteiger partial charge in [0.25, 0.3) is 0 Å². The molecule has 2 atom stereocenters. The van der Waals surface area contributed by atoms with Gasteiger partial charge in [0.1, 0.15) is 0 Å². The maximum Gasteiger partial charge on any atom is 0.0551 e. The molecule has 20 heavy (non-hydrogen) atoms. The first kappa shape index (κ1) is 15.1. The summed E-state index contributed by atoms with van der Waals surface area (Å²) in [5.41, 5.74) is 11.0. The molecule has 0 heterocycles. The third-order valence-corrected chi connectivity index (χ3v) is 4.44. The molecule has 0 aromatic heterocycles.